The SMILES string of the molecule is CCn1ncc(Cl)c1/C=C/C(=O)c1ccc(OC)cc1. The summed E-state index contributed by atoms with van der Waals surface area (Å²) in [5, 5.41) is 4.65. The highest BCUT2D eigenvalue weighted by Crippen LogP contribution is 2.17. The van der Waals surface area contributed by atoms with Crippen molar-refractivity contribution in [2.45, 2.75) is 13.5 Å². The highest BCUT2D eigenvalue weighted by molar-refractivity contribution is 6.31. The van der Waals surface area contributed by atoms with Crippen molar-refractivity contribution in [1.29, 1.82) is 0 Å². The summed E-state index contributed by atoms with van der Waals surface area (Å²) in [5.74, 6) is 0.630. The predicted octanol–water partition coefficient (Wildman–Crippen LogP) is 3.46. The smallest absolute Gasteiger partial charge is 0.185 e. The first-order valence-corrected chi connectivity index (χ1v) is 6.61. The van der Waals surface area contributed by atoms with Gasteiger partial charge in [0.1, 0.15) is 5.75 Å². The van der Waals surface area contributed by atoms with Crippen molar-refractivity contribution in [2.24, 2.45) is 0 Å². The standard InChI is InChI=1S/C15H15ClN2O2/c1-3-18-14(13(16)10-17-18)8-9-15(19)11-4-6-12(20-2)7-5-11/h4-10H,3H2,1-2H3/b9-8+. The molecule has 0 radical (unpaired) electrons. The lowest BCUT2D eigenvalue weighted by Crippen LogP contribution is -1.99. The molecular weight excluding hydrogens is 276 g/mol. The second-order valence-electron chi connectivity index (χ2n) is 4.12. The van der Waals surface area contributed by atoms with Crippen LogP contribution in [-0.2, 0) is 6.54 Å². The van der Waals surface area contributed by atoms with E-state index in [9.17, 15) is 4.79 Å². The summed E-state index contributed by atoms with van der Waals surface area (Å²) in [7, 11) is 1.59. The van der Waals surface area contributed by atoms with Gasteiger partial charge in [-0.3, -0.25) is 9.48 Å². The molecule has 2 aromatic rings. The van der Waals surface area contributed by atoms with Crippen LogP contribution in [0.2, 0.25) is 5.02 Å². The zero-order valence-electron chi connectivity index (χ0n) is 11.3. The fourth-order valence-electron chi connectivity index (χ4n) is 1.80. The number of carbonyl (C=O) groups is 1. The number of rotatable bonds is 5. The largest absolute Gasteiger partial charge is 0.497 e. The maximum Gasteiger partial charge on any atom is 0.185 e. The minimum Gasteiger partial charge on any atom is -0.497 e. The number of allylic oxidation sites excluding steroid dienone is 1. The number of hydrogen-bond acceptors (Lipinski definition) is 3. The molecule has 2 rings (SSSR count). The Morgan fingerprint density at radius 2 is 2.10 bits per heavy atom. The molecule has 1 heterocycles. The third kappa shape index (κ3) is 3.08. The van der Waals surface area contributed by atoms with Gasteiger partial charge in [-0.15, -0.1) is 0 Å². The summed E-state index contributed by atoms with van der Waals surface area (Å²) in [6, 6.07) is 6.96. The van der Waals surface area contributed by atoms with Crippen LogP contribution in [0, 0.1) is 0 Å². The molecule has 0 amide bonds. The van der Waals surface area contributed by atoms with Gasteiger partial charge in [0, 0.05) is 12.1 Å². The molecule has 0 N–H and O–H groups in total. The van der Waals surface area contributed by atoms with Gasteiger partial charge in [0.15, 0.2) is 5.78 Å². The molecule has 0 fully saturated rings. The van der Waals surface area contributed by atoms with E-state index in [1.807, 2.05) is 6.92 Å². The van der Waals surface area contributed by atoms with Crippen LogP contribution in [0.15, 0.2) is 36.5 Å². The molecule has 0 aliphatic carbocycles. The number of ether oxygens (including phenoxy) is 1. The zero-order valence-corrected chi connectivity index (χ0v) is 12.1. The summed E-state index contributed by atoms with van der Waals surface area (Å²) in [6.07, 6.45) is 4.75. The average Bonchev–Trinajstić information content (AvgIpc) is 2.85. The van der Waals surface area contributed by atoms with E-state index in [-0.39, 0.29) is 5.78 Å². The lowest BCUT2D eigenvalue weighted by Gasteiger charge is -2.01. The average molecular weight is 291 g/mol. The molecule has 1 aromatic carbocycles. The molecule has 0 saturated carbocycles. The van der Waals surface area contributed by atoms with Crippen LogP contribution in [-0.4, -0.2) is 22.7 Å². The molecule has 0 saturated heterocycles. The van der Waals surface area contributed by atoms with Crippen molar-refractivity contribution >= 4 is 23.5 Å². The van der Waals surface area contributed by atoms with E-state index in [1.165, 1.54) is 6.08 Å². The number of hydrogen-bond donors (Lipinski definition) is 0. The molecule has 0 bridgehead atoms. The molecule has 0 aliphatic rings. The van der Waals surface area contributed by atoms with Crippen LogP contribution in [0.5, 0.6) is 5.75 Å². The minimum absolute atomic E-state index is 0.0902. The molecule has 1 aromatic heterocycles. The van der Waals surface area contributed by atoms with Gasteiger partial charge in [-0.2, -0.15) is 5.10 Å². The quantitative estimate of drug-likeness (QED) is 0.626. The maximum absolute atomic E-state index is 12.1. The Balaban J connectivity index is 2.17. The van der Waals surface area contributed by atoms with E-state index < -0.39 is 0 Å². The summed E-state index contributed by atoms with van der Waals surface area (Å²) >= 11 is 6.03. The number of ketones is 1. The molecule has 0 unspecified atom stereocenters. The highest BCUT2D eigenvalue weighted by atomic mass is 35.5. The Morgan fingerprint density at radius 1 is 1.40 bits per heavy atom. The van der Waals surface area contributed by atoms with Crippen molar-refractivity contribution in [3.63, 3.8) is 0 Å². The maximum atomic E-state index is 12.1. The molecule has 20 heavy (non-hydrogen) atoms. The monoisotopic (exact) mass is 290 g/mol. The van der Waals surface area contributed by atoms with Gasteiger partial charge in [-0.25, -0.2) is 0 Å². The first-order chi connectivity index (χ1) is 9.65. The van der Waals surface area contributed by atoms with Crippen molar-refractivity contribution in [3.05, 3.63) is 52.8 Å². The van der Waals surface area contributed by atoms with Gasteiger partial charge < -0.3 is 4.74 Å². The number of benzene rings is 1. The third-order valence-electron chi connectivity index (χ3n) is 2.90. The van der Waals surface area contributed by atoms with E-state index in [4.69, 9.17) is 16.3 Å². The second-order valence-corrected chi connectivity index (χ2v) is 4.53. The van der Waals surface area contributed by atoms with Crippen molar-refractivity contribution in [3.8, 4) is 5.75 Å². The summed E-state index contributed by atoms with van der Waals surface area (Å²) in [5.41, 5.74) is 1.33. The van der Waals surface area contributed by atoms with Crippen LogP contribution in [0.4, 0.5) is 0 Å². The van der Waals surface area contributed by atoms with E-state index in [0.29, 0.717) is 17.1 Å². The Kier molecular flexibility index (Phi) is 4.58. The number of halogens is 1. The van der Waals surface area contributed by atoms with Gasteiger partial charge in [0.2, 0.25) is 0 Å². The predicted molar refractivity (Wildman–Crippen MR) is 79.3 cm³/mol. The van der Waals surface area contributed by atoms with Gasteiger partial charge in [0.25, 0.3) is 0 Å². The molecular formula is C15H15ClN2O2. The number of methoxy groups -OCH3 is 1. The molecule has 0 spiro atoms. The zero-order chi connectivity index (χ0) is 14.5. The van der Waals surface area contributed by atoms with Crippen molar-refractivity contribution in [1.82, 2.24) is 9.78 Å². The minimum atomic E-state index is -0.0902. The number of aryl methyl sites for hydroxylation is 1. The Labute approximate surface area is 122 Å². The topological polar surface area (TPSA) is 44.1 Å². The number of carbonyl (C=O) groups excluding carboxylic acids is 1. The lowest BCUT2D eigenvalue weighted by molar-refractivity contribution is 0.104. The fraction of sp³-hybridized carbons (Fsp3) is 0.200. The van der Waals surface area contributed by atoms with Gasteiger partial charge >= 0.3 is 0 Å². The van der Waals surface area contributed by atoms with Crippen LogP contribution >= 0.6 is 11.6 Å². The second kappa shape index (κ2) is 6.39. The Hall–Kier alpha value is -2.07. The lowest BCUT2D eigenvalue weighted by atomic mass is 10.1. The third-order valence-corrected chi connectivity index (χ3v) is 3.19. The van der Waals surface area contributed by atoms with E-state index in [2.05, 4.69) is 5.10 Å². The first-order valence-electron chi connectivity index (χ1n) is 6.23. The first kappa shape index (κ1) is 14.3. The van der Waals surface area contributed by atoms with Crippen LogP contribution < -0.4 is 4.74 Å². The Bertz CT molecular complexity index is 630. The number of nitrogens with zero attached hydrogens (tertiary/aromatic N) is 2. The van der Waals surface area contributed by atoms with E-state index >= 15 is 0 Å². The van der Waals surface area contributed by atoms with Crippen molar-refractivity contribution in [2.75, 3.05) is 7.11 Å². The number of aromatic nitrogens is 2. The summed E-state index contributed by atoms with van der Waals surface area (Å²) in [4.78, 5) is 12.1. The highest BCUT2D eigenvalue weighted by Gasteiger charge is 2.06. The van der Waals surface area contributed by atoms with Gasteiger partial charge in [-0.05, 0) is 43.3 Å². The Morgan fingerprint density at radius 3 is 2.70 bits per heavy atom. The van der Waals surface area contributed by atoms with Gasteiger partial charge in [-0.1, -0.05) is 11.6 Å². The van der Waals surface area contributed by atoms with Crippen LogP contribution in [0.3, 0.4) is 0 Å². The van der Waals surface area contributed by atoms with E-state index in [1.54, 1.807) is 48.3 Å². The van der Waals surface area contributed by atoms with Crippen molar-refractivity contribution < 1.29 is 9.53 Å². The summed E-state index contributed by atoms with van der Waals surface area (Å²) in [6.45, 7) is 2.66. The normalized spacial score (nSPS) is 10.9. The molecule has 104 valence electrons. The summed E-state index contributed by atoms with van der Waals surface area (Å²) < 4.78 is 6.79. The van der Waals surface area contributed by atoms with Crippen LogP contribution in [0.1, 0.15) is 23.0 Å². The molecule has 0 atom stereocenters. The van der Waals surface area contributed by atoms with E-state index in [0.717, 1.165) is 11.4 Å². The molecule has 4 nitrogen and oxygen atoms in total. The molecule has 5 heteroatoms. The van der Waals surface area contributed by atoms with Gasteiger partial charge in [0.05, 0.1) is 24.0 Å². The van der Waals surface area contributed by atoms with Crippen LogP contribution in [0.25, 0.3) is 6.08 Å². The fourth-order valence-corrected chi connectivity index (χ4v) is 2.00. The molecule has 0 aliphatic heterocycles.